The van der Waals surface area contributed by atoms with Crippen LogP contribution in [0.3, 0.4) is 0 Å². The lowest BCUT2D eigenvalue weighted by Crippen LogP contribution is -2.09. The van der Waals surface area contributed by atoms with E-state index < -0.39 is 0 Å². The zero-order valence-electron chi connectivity index (χ0n) is 15.4. The minimum Gasteiger partial charge on any atom is -0.427 e. The predicted molar refractivity (Wildman–Crippen MR) is 97.6 cm³/mol. The van der Waals surface area contributed by atoms with Crippen molar-refractivity contribution in [1.29, 1.82) is 0 Å². The molecule has 136 valence electrons. The Morgan fingerprint density at radius 2 is 1.27 bits per heavy atom. The Morgan fingerprint density at radius 3 is 1.77 bits per heavy atom. The summed E-state index contributed by atoms with van der Waals surface area (Å²) in [7, 11) is 0. The molecule has 2 aromatic rings. The van der Waals surface area contributed by atoms with Crippen LogP contribution in [0.15, 0.2) is 36.4 Å². The van der Waals surface area contributed by atoms with Crippen molar-refractivity contribution < 1.29 is 23.9 Å². The van der Waals surface area contributed by atoms with E-state index in [2.05, 4.69) is 0 Å². The van der Waals surface area contributed by atoms with E-state index in [1.165, 1.54) is 0 Å². The van der Waals surface area contributed by atoms with Crippen molar-refractivity contribution in [2.45, 2.75) is 40.5 Å². The van der Waals surface area contributed by atoms with Crippen molar-refractivity contribution in [3.8, 4) is 11.5 Å². The highest BCUT2D eigenvalue weighted by Gasteiger charge is 2.15. The molecule has 0 bridgehead atoms. The highest BCUT2D eigenvalue weighted by molar-refractivity contribution is 6.09. The Morgan fingerprint density at radius 1 is 0.769 bits per heavy atom. The van der Waals surface area contributed by atoms with Gasteiger partial charge in [-0.2, -0.15) is 0 Å². The van der Waals surface area contributed by atoms with Gasteiger partial charge in [-0.1, -0.05) is 13.8 Å². The topological polar surface area (TPSA) is 69.7 Å². The molecule has 26 heavy (non-hydrogen) atoms. The molecule has 0 amide bonds. The fraction of sp³-hybridized carbons (Fsp3) is 0.286. The van der Waals surface area contributed by atoms with Crippen LogP contribution in [0.2, 0.25) is 0 Å². The summed E-state index contributed by atoms with van der Waals surface area (Å²) in [5.41, 5.74) is 2.44. The molecule has 0 fully saturated rings. The lowest BCUT2D eigenvalue weighted by molar-refractivity contribution is -0.135. The lowest BCUT2D eigenvalue weighted by Gasteiger charge is -2.12. The van der Waals surface area contributed by atoms with Crippen LogP contribution in [-0.2, 0) is 9.59 Å². The minimum absolute atomic E-state index is 0.155. The molecule has 0 aliphatic rings. The molecule has 0 aliphatic carbocycles. The number of aryl methyl sites for hydroxylation is 2. The maximum atomic E-state index is 12.7. The van der Waals surface area contributed by atoms with Gasteiger partial charge in [0.25, 0.3) is 0 Å². The van der Waals surface area contributed by atoms with Gasteiger partial charge in [-0.05, 0) is 61.4 Å². The SMILES string of the molecule is CCC(=O)Oc1ccc(C(=O)c2cc(C)c(OC(=O)CC)c(C)c2)cc1. The van der Waals surface area contributed by atoms with E-state index in [0.717, 1.165) is 11.1 Å². The van der Waals surface area contributed by atoms with Crippen molar-refractivity contribution in [2.75, 3.05) is 0 Å². The van der Waals surface area contributed by atoms with Gasteiger partial charge in [0.05, 0.1) is 0 Å². The van der Waals surface area contributed by atoms with E-state index in [0.29, 0.717) is 22.6 Å². The molecule has 0 aromatic heterocycles. The van der Waals surface area contributed by atoms with Crippen LogP contribution < -0.4 is 9.47 Å². The van der Waals surface area contributed by atoms with Gasteiger partial charge in [-0.3, -0.25) is 14.4 Å². The van der Waals surface area contributed by atoms with Gasteiger partial charge in [-0.25, -0.2) is 0 Å². The monoisotopic (exact) mass is 354 g/mol. The quantitative estimate of drug-likeness (QED) is 0.442. The maximum absolute atomic E-state index is 12.7. The van der Waals surface area contributed by atoms with E-state index in [1.807, 2.05) is 0 Å². The van der Waals surface area contributed by atoms with Crippen molar-refractivity contribution in [2.24, 2.45) is 0 Å². The van der Waals surface area contributed by atoms with Crippen LogP contribution in [-0.4, -0.2) is 17.7 Å². The van der Waals surface area contributed by atoms with Crippen molar-refractivity contribution in [3.05, 3.63) is 58.7 Å². The molecule has 0 spiro atoms. The maximum Gasteiger partial charge on any atom is 0.310 e. The van der Waals surface area contributed by atoms with Crippen LogP contribution in [0, 0.1) is 13.8 Å². The Bertz CT molecular complexity index is 811. The molecule has 0 saturated heterocycles. The van der Waals surface area contributed by atoms with Crippen molar-refractivity contribution >= 4 is 17.7 Å². The number of hydrogen-bond donors (Lipinski definition) is 0. The number of carbonyl (C=O) groups is 3. The third-order valence-corrected chi connectivity index (χ3v) is 3.86. The average molecular weight is 354 g/mol. The number of rotatable bonds is 6. The largest absolute Gasteiger partial charge is 0.427 e. The van der Waals surface area contributed by atoms with Crippen molar-refractivity contribution in [1.82, 2.24) is 0 Å². The second kappa shape index (κ2) is 8.43. The summed E-state index contributed by atoms with van der Waals surface area (Å²) in [6, 6.07) is 9.85. The molecule has 0 N–H and O–H groups in total. The third-order valence-electron chi connectivity index (χ3n) is 3.86. The molecular weight excluding hydrogens is 332 g/mol. The van der Waals surface area contributed by atoms with E-state index in [9.17, 15) is 14.4 Å². The van der Waals surface area contributed by atoms with Gasteiger partial charge in [0.1, 0.15) is 11.5 Å². The summed E-state index contributed by atoms with van der Waals surface area (Å²) >= 11 is 0. The minimum atomic E-state index is -0.326. The molecule has 5 heteroatoms. The van der Waals surface area contributed by atoms with Gasteiger partial charge < -0.3 is 9.47 Å². The Hall–Kier alpha value is -2.95. The normalized spacial score (nSPS) is 10.3. The molecule has 0 atom stereocenters. The molecule has 0 unspecified atom stereocenters. The first-order chi connectivity index (χ1) is 12.3. The summed E-state index contributed by atoms with van der Waals surface area (Å²) in [5, 5.41) is 0. The summed E-state index contributed by atoms with van der Waals surface area (Å²) in [6.45, 7) is 7.05. The van der Waals surface area contributed by atoms with Gasteiger partial charge in [-0.15, -0.1) is 0 Å². The fourth-order valence-electron chi connectivity index (χ4n) is 2.47. The van der Waals surface area contributed by atoms with Crippen LogP contribution >= 0.6 is 0 Å². The van der Waals surface area contributed by atoms with Crippen LogP contribution in [0.1, 0.15) is 53.7 Å². The number of ketones is 1. The first-order valence-electron chi connectivity index (χ1n) is 8.53. The van der Waals surface area contributed by atoms with E-state index in [1.54, 1.807) is 64.1 Å². The highest BCUT2D eigenvalue weighted by Crippen LogP contribution is 2.27. The smallest absolute Gasteiger partial charge is 0.310 e. The predicted octanol–water partition coefficient (Wildman–Crippen LogP) is 4.17. The molecule has 0 radical (unpaired) electrons. The van der Waals surface area contributed by atoms with Gasteiger partial charge in [0.15, 0.2) is 5.78 Å². The zero-order chi connectivity index (χ0) is 19.3. The number of esters is 2. The first-order valence-corrected chi connectivity index (χ1v) is 8.53. The molecular formula is C21H22O5. The third kappa shape index (κ3) is 4.57. The summed E-state index contributed by atoms with van der Waals surface area (Å²) in [4.78, 5) is 35.5. The molecule has 2 rings (SSSR count). The Labute approximate surface area is 152 Å². The zero-order valence-corrected chi connectivity index (χ0v) is 15.4. The van der Waals surface area contributed by atoms with E-state index in [-0.39, 0.29) is 30.6 Å². The molecule has 0 heterocycles. The highest BCUT2D eigenvalue weighted by atomic mass is 16.5. The molecule has 2 aromatic carbocycles. The van der Waals surface area contributed by atoms with Crippen LogP contribution in [0.4, 0.5) is 0 Å². The standard InChI is InChI=1S/C21H22O5/c1-5-18(22)25-17-9-7-15(8-10-17)20(24)16-11-13(3)21(14(4)12-16)26-19(23)6-2/h7-12H,5-6H2,1-4H3. The number of benzene rings is 2. The summed E-state index contributed by atoms with van der Waals surface area (Å²) in [6.07, 6.45) is 0.572. The van der Waals surface area contributed by atoms with Gasteiger partial charge in [0, 0.05) is 24.0 Å². The summed E-state index contributed by atoms with van der Waals surface area (Å²) < 4.78 is 10.4. The molecule has 5 nitrogen and oxygen atoms in total. The number of hydrogen-bond acceptors (Lipinski definition) is 5. The first kappa shape index (κ1) is 19.4. The van der Waals surface area contributed by atoms with E-state index >= 15 is 0 Å². The fourth-order valence-corrected chi connectivity index (χ4v) is 2.47. The second-order valence-corrected chi connectivity index (χ2v) is 5.95. The second-order valence-electron chi connectivity index (χ2n) is 5.95. The van der Waals surface area contributed by atoms with Crippen LogP contribution in [0.25, 0.3) is 0 Å². The van der Waals surface area contributed by atoms with Crippen LogP contribution in [0.5, 0.6) is 11.5 Å². The summed E-state index contributed by atoms with van der Waals surface area (Å²) in [5.74, 6) is 0.107. The van der Waals surface area contributed by atoms with Gasteiger partial charge in [0.2, 0.25) is 0 Å². The van der Waals surface area contributed by atoms with Crippen molar-refractivity contribution in [3.63, 3.8) is 0 Å². The lowest BCUT2D eigenvalue weighted by atomic mass is 9.98. The Kier molecular flexibility index (Phi) is 6.28. The van der Waals surface area contributed by atoms with E-state index in [4.69, 9.17) is 9.47 Å². The Balaban J connectivity index is 2.24. The number of carbonyl (C=O) groups excluding carboxylic acids is 3. The molecule has 0 saturated carbocycles. The average Bonchev–Trinajstić information content (AvgIpc) is 2.64. The number of ether oxygens (including phenoxy) is 2. The van der Waals surface area contributed by atoms with Gasteiger partial charge >= 0.3 is 11.9 Å². The molecule has 0 aliphatic heterocycles.